The number of nitrogens with one attached hydrogen (secondary N) is 1. The van der Waals surface area contributed by atoms with Crippen LogP contribution >= 0.6 is 0 Å². The number of carbonyl (C=O) groups is 1. The minimum Gasteiger partial charge on any atom is -0.497 e. The highest BCUT2D eigenvalue weighted by molar-refractivity contribution is 5.76. The number of nitrogens with zero attached hydrogens (tertiary/aromatic N) is 2. The summed E-state index contributed by atoms with van der Waals surface area (Å²) >= 11 is 0. The molecule has 0 saturated heterocycles. The molecule has 0 spiro atoms. The van der Waals surface area contributed by atoms with Gasteiger partial charge in [-0.15, -0.1) is 0 Å². The topological polar surface area (TPSA) is 55.7 Å². The van der Waals surface area contributed by atoms with Crippen LogP contribution in [0.25, 0.3) is 0 Å². The normalized spacial score (nSPS) is 16.8. The molecule has 0 saturated carbocycles. The van der Waals surface area contributed by atoms with Gasteiger partial charge in [-0.1, -0.05) is 0 Å². The summed E-state index contributed by atoms with van der Waals surface area (Å²) in [6, 6.07) is 9.52. The first-order valence-corrected chi connectivity index (χ1v) is 8.80. The number of urea groups is 1. The molecule has 0 unspecified atom stereocenters. The van der Waals surface area contributed by atoms with Gasteiger partial charge >= 0.3 is 6.03 Å². The van der Waals surface area contributed by atoms with Crippen LogP contribution in [0, 0.1) is 0 Å². The number of fused-ring (bicyclic) bond motifs is 1. The van der Waals surface area contributed by atoms with Gasteiger partial charge < -0.3 is 24.3 Å². The molecule has 140 valence electrons. The largest absolute Gasteiger partial charge is 0.497 e. The molecule has 6 nitrogen and oxygen atoms in total. The first-order chi connectivity index (χ1) is 12.3. The van der Waals surface area contributed by atoms with Gasteiger partial charge in [0.05, 0.1) is 14.2 Å². The highest BCUT2D eigenvalue weighted by atomic mass is 16.5. The summed E-state index contributed by atoms with van der Waals surface area (Å²) in [5, 5.41) is 3.08. The van der Waals surface area contributed by atoms with Crippen molar-refractivity contribution in [3.63, 3.8) is 0 Å². The molecule has 3 rings (SSSR count). The van der Waals surface area contributed by atoms with E-state index in [1.807, 2.05) is 49.9 Å². The fourth-order valence-corrected chi connectivity index (χ4v) is 3.37. The Morgan fingerprint density at radius 3 is 2.58 bits per heavy atom. The van der Waals surface area contributed by atoms with E-state index in [4.69, 9.17) is 9.47 Å². The van der Waals surface area contributed by atoms with Gasteiger partial charge in [0.2, 0.25) is 0 Å². The maximum Gasteiger partial charge on any atom is 0.318 e. The Morgan fingerprint density at radius 1 is 1.15 bits per heavy atom. The van der Waals surface area contributed by atoms with Crippen LogP contribution in [0.15, 0.2) is 36.5 Å². The number of rotatable bonds is 3. The third kappa shape index (κ3) is 3.49. The molecule has 2 amide bonds. The molecule has 2 aromatic rings. The van der Waals surface area contributed by atoms with Crippen molar-refractivity contribution in [2.24, 2.45) is 0 Å². The smallest absolute Gasteiger partial charge is 0.318 e. The van der Waals surface area contributed by atoms with E-state index in [2.05, 4.69) is 22.1 Å². The second-order valence-corrected chi connectivity index (χ2v) is 7.51. The Hall–Kier alpha value is -2.63. The molecule has 1 aromatic carbocycles. The molecule has 26 heavy (non-hydrogen) atoms. The van der Waals surface area contributed by atoms with Crippen molar-refractivity contribution in [1.82, 2.24) is 14.8 Å². The molecule has 1 aliphatic rings. The molecule has 6 heteroatoms. The molecule has 0 radical (unpaired) electrons. The zero-order chi connectivity index (χ0) is 18.9. The van der Waals surface area contributed by atoms with E-state index in [1.165, 1.54) is 0 Å². The molecule has 1 atom stereocenters. The third-order valence-corrected chi connectivity index (χ3v) is 4.52. The van der Waals surface area contributed by atoms with E-state index in [9.17, 15) is 4.79 Å². The van der Waals surface area contributed by atoms with Gasteiger partial charge in [-0.25, -0.2) is 4.79 Å². The number of methoxy groups -OCH3 is 2. The molecule has 2 heterocycles. The van der Waals surface area contributed by atoms with Crippen LogP contribution in [-0.4, -0.2) is 41.8 Å². The van der Waals surface area contributed by atoms with Crippen LogP contribution in [0.3, 0.4) is 0 Å². The summed E-state index contributed by atoms with van der Waals surface area (Å²) < 4.78 is 13.1. The predicted molar refractivity (Wildman–Crippen MR) is 101 cm³/mol. The van der Waals surface area contributed by atoms with Crippen LogP contribution in [0.5, 0.6) is 11.5 Å². The molecule has 0 aliphatic carbocycles. The number of carbonyl (C=O) groups excluding carboxylic acids is 1. The van der Waals surface area contributed by atoms with E-state index in [-0.39, 0.29) is 17.6 Å². The zero-order valence-electron chi connectivity index (χ0n) is 16.1. The van der Waals surface area contributed by atoms with Crippen molar-refractivity contribution >= 4 is 6.03 Å². The van der Waals surface area contributed by atoms with Crippen LogP contribution in [0.4, 0.5) is 4.79 Å². The first kappa shape index (κ1) is 18.2. The molecule has 0 bridgehead atoms. The molecule has 1 N–H and O–H groups in total. The number of hydrogen-bond acceptors (Lipinski definition) is 3. The molecular weight excluding hydrogens is 330 g/mol. The van der Waals surface area contributed by atoms with Crippen molar-refractivity contribution in [2.45, 2.75) is 38.9 Å². The Bertz CT molecular complexity index is 792. The average molecular weight is 357 g/mol. The van der Waals surface area contributed by atoms with Crippen molar-refractivity contribution in [3.8, 4) is 11.5 Å². The monoisotopic (exact) mass is 357 g/mol. The lowest BCUT2D eigenvalue weighted by molar-refractivity contribution is 0.159. The lowest BCUT2D eigenvalue weighted by Crippen LogP contribution is -2.52. The minimum absolute atomic E-state index is 0.0761. The SMILES string of the molecule is COc1ccc([C@@H]2c3cccn3CCN2C(=O)NC(C)(C)C)c(OC)c1. The summed E-state index contributed by atoms with van der Waals surface area (Å²) in [4.78, 5) is 14.9. The van der Waals surface area contributed by atoms with E-state index in [0.717, 1.165) is 23.6 Å². The highest BCUT2D eigenvalue weighted by Crippen LogP contribution is 2.39. The van der Waals surface area contributed by atoms with Gasteiger partial charge in [-0.2, -0.15) is 0 Å². The van der Waals surface area contributed by atoms with Gasteiger partial charge in [-0.05, 0) is 45.0 Å². The molecule has 0 fully saturated rings. The Labute approximate surface area is 154 Å². The first-order valence-electron chi connectivity index (χ1n) is 8.80. The van der Waals surface area contributed by atoms with Crippen molar-refractivity contribution in [1.29, 1.82) is 0 Å². The number of amides is 2. The van der Waals surface area contributed by atoms with Crippen LogP contribution in [0.1, 0.15) is 38.1 Å². The standard InChI is InChI=1S/C20H27N3O3/c1-20(2,3)21-19(24)23-12-11-22-10-6-7-16(22)18(23)15-9-8-14(25-4)13-17(15)26-5/h6-10,13,18H,11-12H2,1-5H3,(H,21,24)/t18-/m1/s1. The Balaban J connectivity index is 2.06. The quantitative estimate of drug-likeness (QED) is 0.916. The fraction of sp³-hybridized carbons (Fsp3) is 0.450. The van der Waals surface area contributed by atoms with E-state index >= 15 is 0 Å². The lowest BCUT2D eigenvalue weighted by atomic mass is 9.98. The Kier molecular flexibility index (Phi) is 4.85. The van der Waals surface area contributed by atoms with E-state index in [1.54, 1.807) is 14.2 Å². The fourth-order valence-electron chi connectivity index (χ4n) is 3.37. The van der Waals surface area contributed by atoms with E-state index in [0.29, 0.717) is 12.3 Å². The summed E-state index contributed by atoms with van der Waals surface area (Å²) in [7, 11) is 3.27. The Morgan fingerprint density at radius 2 is 1.92 bits per heavy atom. The van der Waals surface area contributed by atoms with Gasteiger partial charge in [0, 0.05) is 42.1 Å². The number of hydrogen-bond donors (Lipinski definition) is 1. The van der Waals surface area contributed by atoms with Crippen molar-refractivity contribution in [3.05, 3.63) is 47.8 Å². The number of ether oxygens (including phenoxy) is 2. The van der Waals surface area contributed by atoms with Gasteiger partial charge in [0.1, 0.15) is 17.5 Å². The minimum atomic E-state index is -0.301. The molecule has 1 aromatic heterocycles. The lowest BCUT2D eigenvalue weighted by Gasteiger charge is -2.39. The molecular formula is C20H27N3O3. The van der Waals surface area contributed by atoms with Crippen LogP contribution < -0.4 is 14.8 Å². The third-order valence-electron chi connectivity index (χ3n) is 4.52. The predicted octanol–water partition coefficient (Wildman–Crippen LogP) is 3.42. The van der Waals surface area contributed by atoms with Crippen LogP contribution in [0.2, 0.25) is 0 Å². The second-order valence-electron chi connectivity index (χ2n) is 7.51. The maximum atomic E-state index is 13.0. The molecule has 1 aliphatic heterocycles. The van der Waals surface area contributed by atoms with Gasteiger partial charge in [0.15, 0.2) is 0 Å². The van der Waals surface area contributed by atoms with Gasteiger partial charge in [0.25, 0.3) is 0 Å². The average Bonchev–Trinajstić information content (AvgIpc) is 3.07. The second kappa shape index (κ2) is 6.94. The van der Waals surface area contributed by atoms with Crippen LogP contribution in [-0.2, 0) is 6.54 Å². The summed E-state index contributed by atoms with van der Waals surface area (Å²) in [6.45, 7) is 7.36. The van der Waals surface area contributed by atoms with E-state index < -0.39 is 0 Å². The van der Waals surface area contributed by atoms with Crippen molar-refractivity contribution < 1.29 is 14.3 Å². The highest BCUT2D eigenvalue weighted by Gasteiger charge is 2.35. The summed E-state index contributed by atoms with van der Waals surface area (Å²) in [5.41, 5.74) is 1.71. The number of benzene rings is 1. The summed E-state index contributed by atoms with van der Waals surface area (Å²) in [5.74, 6) is 1.43. The maximum absolute atomic E-state index is 13.0. The summed E-state index contributed by atoms with van der Waals surface area (Å²) in [6.07, 6.45) is 2.05. The van der Waals surface area contributed by atoms with Crippen molar-refractivity contribution in [2.75, 3.05) is 20.8 Å². The van der Waals surface area contributed by atoms with Gasteiger partial charge in [-0.3, -0.25) is 0 Å². The number of aromatic nitrogens is 1. The zero-order valence-corrected chi connectivity index (χ0v) is 16.1.